The fourth-order valence-electron chi connectivity index (χ4n) is 1.54. The highest BCUT2D eigenvalue weighted by Crippen LogP contribution is 2.27. The molecular formula is C11H23N3OS. The quantitative estimate of drug-likeness (QED) is 0.507. The summed E-state index contributed by atoms with van der Waals surface area (Å²) in [6.45, 7) is 7.52. The van der Waals surface area contributed by atoms with Gasteiger partial charge in [0.2, 0.25) is 0 Å². The molecule has 94 valence electrons. The Kier molecular flexibility index (Phi) is 5.41. The average Bonchev–Trinajstić information content (AvgIpc) is 2.62. The van der Waals surface area contributed by atoms with Crippen LogP contribution < -0.4 is 10.6 Å². The van der Waals surface area contributed by atoms with E-state index < -0.39 is 5.60 Å². The molecule has 1 aliphatic heterocycles. The van der Waals surface area contributed by atoms with Crippen LogP contribution in [-0.2, 0) is 0 Å². The summed E-state index contributed by atoms with van der Waals surface area (Å²) >= 11 is 1.80. The summed E-state index contributed by atoms with van der Waals surface area (Å²) in [4.78, 5) is 4.44. The molecule has 16 heavy (non-hydrogen) atoms. The molecule has 1 unspecified atom stereocenters. The number of aliphatic hydroxyl groups is 1. The van der Waals surface area contributed by atoms with Crippen molar-refractivity contribution in [2.24, 2.45) is 4.99 Å². The summed E-state index contributed by atoms with van der Waals surface area (Å²) in [5.74, 6) is 2.64. The summed E-state index contributed by atoms with van der Waals surface area (Å²) in [5, 5.41) is 16.6. The molecular weight excluding hydrogens is 222 g/mol. The Bertz CT molecular complexity index is 237. The zero-order valence-electron chi connectivity index (χ0n) is 10.4. The highest BCUT2D eigenvalue weighted by molar-refractivity contribution is 7.99. The number of hydrogen-bond donors (Lipinski definition) is 3. The second-order valence-corrected chi connectivity index (χ2v) is 5.63. The van der Waals surface area contributed by atoms with Crippen molar-refractivity contribution in [1.29, 1.82) is 0 Å². The molecule has 0 aromatic carbocycles. The summed E-state index contributed by atoms with van der Waals surface area (Å²) in [6, 6.07) is 0.352. The molecule has 4 nitrogen and oxygen atoms in total. The smallest absolute Gasteiger partial charge is 0.191 e. The van der Waals surface area contributed by atoms with Gasteiger partial charge in [0, 0.05) is 18.3 Å². The van der Waals surface area contributed by atoms with Gasteiger partial charge in [0.1, 0.15) is 0 Å². The summed E-state index contributed by atoms with van der Waals surface area (Å²) in [6.07, 6.45) is 0.849. The first kappa shape index (κ1) is 13.6. The van der Waals surface area contributed by atoms with E-state index in [-0.39, 0.29) is 0 Å². The van der Waals surface area contributed by atoms with Crippen LogP contribution >= 0.6 is 11.8 Å². The van der Waals surface area contributed by atoms with E-state index in [1.165, 1.54) is 0 Å². The maximum Gasteiger partial charge on any atom is 0.191 e. The van der Waals surface area contributed by atoms with Crippen LogP contribution in [0.4, 0.5) is 0 Å². The van der Waals surface area contributed by atoms with Crippen molar-refractivity contribution in [1.82, 2.24) is 10.6 Å². The third-order valence-electron chi connectivity index (χ3n) is 2.38. The van der Waals surface area contributed by atoms with Crippen LogP contribution in [-0.4, -0.2) is 47.3 Å². The molecule has 0 bridgehead atoms. The second kappa shape index (κ2) is 6.35. The minimum absolute atomic E-state index is 0.352. The van der Waals surface area contributed by atoms with Crippen LogP contribution in [0.25, 0.3) is 0 Å². The lowest BCUT2D eigenvalue weighted by Crippen LogP contribution is -2.42. The summed E-state index contributed by atoms with van der Waals surface area (Å²) in [5.41, 5.74) is -0.593. The number of nitrogens with one attached hydrogen (secondary N) is 2. The van der Waals surface area contributed by atoms with Gasteiger partial charge < -0.3 is 15.7 Å². The van der Waals surface area contributed by atoms with E-state index in [0.717, 1.165) is 30.4 Å². The molecule has 1 atom stereocenters. The molecule has 0 aromatic rings. The van der Waals surface area contributed by atoms with Gasteiger partial charge in [-0.2, -0.15) is 11.8 Å². The Morgan fingerprint density at radius 2 is 2.31 bits per heavy atom. The van der Waals surface area contributed by atoms with Crippen molar-refractivity contribution in [3.8, 4) is 0 Å². The van der Waals surface area contributed by atoms with Gasteiger partial charge in [0.25, 0.3) is 0 Å². The number of nitrogens with zero attached hydrogens (tertiary/aromatic N) is 1. The van der Waals surface area contributed by atoms with Crippen LogP contribution in [0.15, 0.2) is 4.99 Å². The molecule has 0 aromatic heterocycles. The van der Waals surface area contributed by atoms with E-state index in [9.17, 15) is 5.11 Å². The Morgan fingerprint density at radius 3 is 2.81 bits per heavy atom. The number of aliphatic imine (C=N–C) groups is 1. The van der Waals surface area contributed by atoms with Gasteiger partial charge in [-0.3, -0.25) is 4.99 Å². The SMILES string of the molecule is CCNC(=NCC1(O)CCSC1)NC(C)C. The van der Waals surface area contributed by atoms with Crippen molar-refractivity contribution in [2.45, 2.75) is 38.8 Å². The van der Waals surface area contributed by atoms with Gasteiger partial charge in [-0.15, -0.1) is 0 Å². The van der Waals surface area contributed by atoms with Crippen LogP contribution in [0, 0.1) is 0 Å². The fraction of sp³-hybridized carbons (Fsp3) is 0.909. The van der Waals surface area contributed by atoms with Crippen LogP contribution in [0.2, 0.25) is 0 Å². The highest BCUT2D eigenvalue weighted by atomic mass is 32.2. The number of hydrogen-bond acceptors (Lipinski definition) is 3. The molecule has 0 radical (unpaired) electrons. The predicted molar refractivity (Wildman–Crippen MR) is 71.1 cm³/mol. The molecule has 1 aliphatic rings. The lowest BCUT2D eigenvalue weighted by Gasteiger charge is -2.20. The zero-order valence-corrected chi connectivity index (χ0v) is 11.2. The van der Waals surface area contributed by atoms with Gasteiger partial charge in [-0.25, -0.2) is 0 Å². The predicted octanol–water partition coefficient (Wildman–Crippen LogP) is 0.818. The molecule has 5 heteroatoms. The first-order valence-electron chi connectivity index (χ1n) is 5.91. The Labute approximate surface area is 102 Å². The van der Waals surface area contributed by atoms with Crippen LogP contribution in [0.5, 0.6) is 0 Å². The van der Waals surface area contributed by atoms with E-state index in [4.69, 9.17) is 0 Å². The Morgan fingerprint density at radius 1 is 1.56 bits per heavy atom. The third-order valence-corrected chi connectivity index (χ3v) is 3.62. The molecule has 1 heterocycles. The molecule has 1 rings (SSSR count). The lowest BCUT2D eigenvalue weighted by molar-refractivity contribution is 0.0778. The van der Waals surface area contributed by atoms with Gasteiger partial charge in [0.15, 0.2) is 5.96 Å². The molecule has 0 spiro atoms. The normalized spacial score (nSPS) is 26.2. The van der Waals surface area contributed by atoms with E-state index in [1.54, 1.807) is 11.8 Å². The van der Waals surface area contributed by atoms with Crippen molar-refractivity contribution >= 4 is 17.7 Å². The fourth-order valence-corrected chi connectivity index (χ4v) is 2.83. The van der Waals surface area contributed by atoms with Gasteiger partial charge in [0.05, 0.1) is 12.1 Å². The molecule has 1 saturated heterocycles. The maximum atomic E-state index is 10.2. The van der Waals surface area contributed by atoms with E-state index in [1.807, 2.05) is 6.92 Å². The second-order valence-electron chi connectivity index (χ2n) is 4.52. The lowest BCUT2D eigenvalue weighted by atomic mass is 10.1. The first-order valence-corrected chi connectivity index (χ1v) is 7.06. The summed E-state index contributed by atoms with van der Waals surface area (Å²) in [7, 11) is 0. The van der Waals surface area contributed by atoms with E-state index in [2.05, 4.69) is 29.5 Å². The largest absolute Gasteiger partial charge is 0.387 e. The number of rotatable bonds is 4. The standard InChI is InChI=1S/C11H23N3OS/c1-4-12-10(14-9(2)3)13-7-11(15)5-6-16-8-11/h9,15H,4-8H2,1-3H3,(H2,12,13,14). The molecule has 0 aliphatic carbocycles. The van der Waals surface area contributed by atoms with E-state index in [0.29, 0.717) is 12.6 Å². The average molecular weight is 245 g/mol. The van der Waals surface area contributed by atoms with E-state index >= 15 is 0 Å². The molecule has 1 fully saturated rings. The monoisotopic (exact) mass is 245 g/mol. The minimum Gasteiger partial charge on any atom is -0.387 e. The summed E-state index contributed by atoms with van der Waals surface area (Å²) < 4.78 is 0. The molecule has 0 amide bonds. The highest BCUT2D eigenvalue weighted by Gasteiger charge is 2.31. The van der Waals surface area contributed by atoms with Crippen LogP contribution in [0.1, 0.15) is 27.2 Å². The first-order chi connectivity index (χ1) is 7.56. The van der Waals surface area contributed by atoms with Crippen molar-refractivity contribution in [2.75, 3.05) is 24.6 Å². The van der Waals surface area contributed by atoms with Crippen molar-refractivity contribution in [3.05, 3.63) is 0 Å². The number of guanidine groups is 1. The minimum atomic E-state index is -0.593. The zero-order chi connectivity index (χ0) is 12.0. The van der Waals surface area contributed by atoms with Crippen molar-refractivity contribution in [3.63, 3.8) is 0 Å². The van der Waals surface area contributed by atoms with Gasteiger partial charge in [-0.1, -0.05) is 0 Å². The Hall–Kier alpha value is -0.420. The molecule has 0 saturated carbocycles. The maximum absolute atomic E-state index is 10.2. The van der Waals surface area contributed by atoms with Crippen LogP contribution in [0.3, 0.4) is 0 Å². The van der Waals surface area contributed by atoms with Gasteiger partial charge in [-0.05, 0) is 32.9 Å². The van der Waals surface area contributed by atoms with Gasteiger partial charge >= 0.3 is 0 Å². The Balaban J connectivity index is 2.49. The number of thioether (sulfide) groups is 1. The van der Waals surface area contributed by atoms with Crippen molar-refractivity contribution < 1.29 is 5.11 Å². The topological polar surface area (TPSA) is 56.7 Å². The molecule has 3 N–H and O–H groups in total. The third kappa shape index (κ3) is 4.61.